The van der Waals surface area contributed by atoms with Crippen molar-refractivity contribution in [2.75, 3.05) is 5.32 Å². The quantitative estimate of drug-likeness (QED) is 0.501. The van der Waals surface area contributed by atoms with Crippen LogP contribution in [0, 0.1) is 20.8 Å². The molecule has 0 saturated carbocycles. The van der Waals surface area contributed by atoms with Crippen LogP contribution in [0.2, 0.25) is 0 Å². The van der Waals surface area contributed by atoms with Crippen LogP contribution in [0.5, 0.6) is 0 Å². The van der Waals surface area contributed by atoms with Gasteiger partial charge in [0.05, 0.1) is 35.1 Å². The van der Waals surface area contributed by atoms with Crippen LogP contribution in [0.15, 0.2) is 42.7 Å². The Kier molecular flexibility index (Phi) is 5.45. The minimum Gasteiger partial charge on any atom is -0.322 e. The minimum atomic E-state index is -4.54. The number of benzene rings is 1. The number of nitrogens with one attached hydrogen (secondary N) is 1. The molecule has 166 valence electrons. The first-order chi connectivity index (χ1) is 15.1. The number of hydrogen-bond acceptors (Lipinski definition) is 4. The third-order valence-corrected chi connectivity index (χ3v) is 4.99. The van der Waals surface area contributed by atoms with Gasteiger partial charge in [-0.15, -0.1) is 0 Å². The summed E-state index contributed by atoms with van der Waals surface area (Å²) in [6.45, 7) is 5.22. The second kappa shape index (κ2) is 8.10. The van der Waals surface area contributed by atoms with Crippen molar-refractivity contribution in [3.63, 3.8) is 0 Å². The largest absolute Gasteiger partial charge is 0.417 e. The molecule has 4 rings (SSSR count). The number of carbonyl (C=O) groups excluding carboxylic acids is 1. The molecule has 0 bridgehead atoms. The van der Waals surface area contributed by atoms with E-state index in [4.69, 9.17) is 0 Å². The fraction of sp³-hybridized carbons (Fsp3) is 0.273. The SMILES string of the molecule is Cc1ccc(Cn2cc(NC(=O)Cn3nc(C)c4c(C(F)(F)F)cc(C)nc43)cn2)cc1. The lowest BCUT2D eigenvalue weighted by Crippen LogP contribution is -2.19. The first kappa shape index (κ1) is 21.5. The molecule has 3 heterocycles. The van der Waals surface area contributed by atoms with E-state index in [9.17, 15) is 18.0 Å². The number of carbonyl (C=O) groups is 1. The molecular weight excluding hydrogens is 421 g/mol. The highest BCUT2D eigenvalue weighted by Gasteiger charge is 2.35. The Morgan fingerprint density at radius 1 is 1.12 bits per heavy atom. The van der Waals surface area contributed by atoms with Crippen molar-refractivity contribution in [2.45, 2.75) is 40.0 Å². The van der Waals surface area contributed by atoms with Gasteiger partial charge in [0.25, 0.3) is 0 Å². The highest BCUT2D eigenvalue weighted by molar-refractivity contribution is 5.91. The Labute approximate surface area is 181 Å². The predicted molar refractivity (Wildman–Crippen MR) is 113 cm³/mol. The van der Waals surface area contributed by atoms with E-state index >= 15 is 0 Å². The van der Waals surface area contributed by atoms with Gasteiger partial charge in [-0.1, -0.05) is 29.8 Å². The molecule has 7 nitrogen and oxygen atoms in total. The van der Waals surface area contributed by atoms with E-state index < -0.39 is 17.6 Å². The third kappa shape index (κ3) is 4.48. The van der Waals surface area contributed by atoms with Gasteiger partial charge in [-0.05, 0) is 32.4 Å². The van der Waals surface area contributed by atoms with E-state index in [1.165, 1.54) is 24.7 Å². The number of amides is 1. The molecule has 0 aliphatic rings. The molecule has 0 saturated heterocycles. The smallest absolute Gasteiger partial charge is 0.322 e. The van der Waals surface area contributed by atoms with Crippen molar-refractivity contribution in [1.29, 1.82) is 0 Å². The van der Waals surface area contributed by atoms with Gasteiger partial charge in [0.2, 0.25) is 5.91 Å². The number of aryl methyl sites for hydroxylation is 3. The van der Waals surface area contributed by atoms with E-state index in [0.29, 0.717) is 12.2 Å². The van der Waals surface area contributed by atoms with E-state index in [-0.39, 0.29) is 29.0 Å². The normalized spacial score (nSPS) is 11.8. The molecular formula is C22H21F3N6O. The molecule has 0 aliphatic heterocycles. The molecule has 1 amide bonds. The van der Waals surface area contributed by atoms with Gasteiger partial charge in [0.1, 0.15) is 6.54 Å². The predicted octanol–water partition coefficient (Wildman–Crippen LogP) is 4.26. The van der Waals surface area contributed by atoms with Gasteiger partial charge in [0.15, 0.2) is 5.65 Å². The number of pyridine rings is 1. The maximum Gasteiger partial charge on any atom is 0.417 e. The fourth-order valence-corrected chi connectivity index (χ4v) is 3.54. The Bertz CT molecular complexity index is 1290. The molecule has 4 aromatic rings. The highest BCUT2D eigenvalue weighted by atomic mass is 19.4. The van der Waals surface area contributed by atoms with Crippen molar-refractivity contribution in [2.24, 2.45) is 0 Å². The summed E-state index contributed by atoms with van der Waals surface area (Å²) >= 11 is 0. The maximum atomic E-state index is 13.5. The second-order valence-electron chi connectivity index (χ2n) is 7.71. The molecule has 0 aliphatic carbocycles. The van der Waals surface area contributed by atoms with Gasteiger partial charge >= 0.3 is 6.18 Å². The molecule has 0 unspecified atom stereocenters. The Hall–Kier alpha value is -3.69. The van der Waals surface area contributed by atoms with Crippen molar-refractivity contribution in [1.82, 2.24) is 24.5 Å². The van der Waals surface area contributed by atoms with Crippen LogP contribution in [-0.4, -0.2) is 30.5 Å². The molecule has 0 fully saturated rings. The summed E-state index contributed by atoms with van der Waals surface area (Å²) in [7, 11) is 0. The average molecular weight is 442 g/mol. The number of hydrogen-bond donors (Lipinski definition) is 1. The summed E-state index contributed by atoms with van der Waals surface area (Å²) < 4.78 is 43.3. The average Bonchev–Trinajstić information content (AvgIpc) is 3.26. The molecule has 1 N–H and O–H groups in total. The lowest BCUT2D eigenvalue weighted by Gasteiger charge is -2.10. The van der Waals surface area contributed by atoms with Crippen molar-refractivity contribution in [3.05, 3.63) is 70.8 Å². The number of rotatable bonds is 5. The molecule has 3 aromatic heterocycles. The zero-order valence-electron chi connectivity index (χ0n) is 17.7. The first-order valence-electron chi connectivity index (χ1n) is 9.90. The van der Waals surface area contributed by atoms with E-state index in [1.807, 2.05) is 31.2 Å². The van der Waals surface area contributed by atoms with Crippen LogP contribution in [0.1, 0.15) is 28.1 Å². The first-order valence-corrected chi connectivity index (χ1v) is 9.90. The summed E-state index contributed by atoms with van der Waals surface area (Å²) in [5, 5.41) is 11.0. The minimum absolute atomic E-state index is 0.0278. The fourth-order valence-electron chi connectivity index (χ4n) is 3.54. The summed E-state index contributed by atoms with van der Waals surface area (Å²) in [5.74, 6) is -0.443. The third-order valence-electron chi connectivity index (χ3n) is 4.99. The summed E-state index contributed by atoms with van der Waals surface area (Å²) in [4.78, 5) is 16.7. The molecule has 1 aromatic carbocycles. The highest BCUT2D eigenvalue weighted by Crippen LogP contribution is 2.36. The van der Waals surface area contributed by atoms with Crippen LogP contribution < -0.4 is 5.32 Å². The van der Waals surface area contributed by atoms with Gasteiger partial charge < -0.3 is 5.32 Å². The zero-order chi connectivity index (χ0) is 23.0. The van der Waals surface area contributed by atoms with Gasteiger partial charge in [-0.3, -0.25) is 9.48 Å². The number of halogens is 3. The molecule has 0 radical (unpaired) electrons. The maximum absolute atomic E-state index is 13.5. The Morgan fingerprint density at radius 2 is 1.84 bits per heavy atom. The lowest BCUT2D eigenvalue weighted by molar-refractivity contribution is -0.136. The van der Waals surface area contributed by atoms with E-state index in [0.717, 1.165) is 17.2 Å². The van der Waals surface area contributed by atoms with E-state index in [2.05, 4.69) is 20.5 Å². The van der Waals surface area contributed by atoms with Crippen LogP contribution in [0.25, 0.3) is 11.0 Å². The Morgan fingerprint density at radius 3 is 2.53 bits per heavy atom. The van der Waals surface area contributed by atoms with Gasteiger partial charge in [-0.25, -0.2) is 9.67 Å². The van der Waals surface area contributed by atoms with Gasteiger partial charge in [-0.2, -0.15) is 23.4 Å². The number of aromatic nitrogens is 5. The summed E-state index contributed by atoms with van der Waals surface area (Å²) in [5.41, 5.74) is 2.30. The molecule has 0 spiro atoms. The standard InChI is InChI=1S/C22H21F3N6O/c1-13-4-6-16(7-5-13)10-30-11-17(9-26-30)28-19(32)12-31-21-20(15(3)29-31)18(22(23,24)25)8-14(2)27-21/h4-9,11H,10,12H2,1-3H3,(H,28,32). The van der Waals surface area contributed by atoms with Gasteiger partial charge in [0, 0.05) is 11.9 Å². The van der Waals surface area contributed by atoms with Crippen LogP contribution >= 0.6 is 0 Å². The van der Waals surface area contributed by atoms with Crippen molar-refractivity contribution in [3.8, 4) is 0 Å². The van der Waals surface area contributed by atoms with Crippen molar-refractivity contribution < 1.29 is 18.0 Å². The monoisotopic (exact) mass is 442 g/mol. The topological polar surface area (TPSA) is 77.6 Å². The van der Waals surface area contributed by atoms with Crippen LogP contribution in [0.4, 0.5) is 18.9 Å². The molecule has 0 atom stereocenters. The lowest BCUT2D eigenvalue weighted by atomic mass is 10.1. The van der Waals surface area contributed by atoms with Crippen molar-refractivity contribution >= 4 is 22.6 Å². The number of fused-ring (bicyclic) bond motifs is 1. The zero-order valence-corrected chi connectivity index (χ0v) is 17.7. The molecule has 32 heavy (non-hydrogen) atoms. The second-order valence-corrected chi connectivity index (χ2v) is 7.71. The summed E-state index contributed by atoms with van der Waals surface area (Å²) in [6, 6.07) is 9.02. The number of nitrogens with zero attached hydrogens (tertiary/aromatic N) is 5. The number of alkyl halides is 3. The molecule has 10 heteroatoms. The van der Waals surface area contributed by atoms with Crippen LogP contribution in [0.3, 0.4) is 0 Å². The Balaban J connectivity index is 1.51. The number of anilines is 1. The van der Waals surface area contributed by atoms with Crippen LogP contribution in [-0.2, 0) is 24.1 Å². The summed E-state index contributed by atoms with van der Waals surface area (Å²) in [6.07, 6.45) is -1.34. The van der Waals surface area contributed by atoms with E-state index in [1.54, 1.807) is 10.9 Å².